The van der Waals surface area contributed by atoms with Crippen LogP contribution in [0.25, 0.3) is 0 Å². The number of primary amides is 1. The second-order valence-corrected chi connectivity index (χ2v) is 8.39. The molecule has 0 radical (unpaired) electrons. The molecule has 0 aliphatic carbocycles. The number of benzene rings is 2. The fraction of sp³-hybridized carbons (Fsp3) is 0.318. The molecule has 8 nitrogen and oxygen atoms in total. The van der Waals surface area contributed by atoms with Crippen LogP contribution in [0.3, 0.4) is 0 Å². The smallest absolute Gasteiger partial charge is 0.416 e. The average Bonchev–Trinajstić information content (AvgIpc) is 3.03. The molecule has 2 aromatic rings. The summed E-state index contributed by atoms with van der Waals surface area (Å²) >= 11 is 6.31. The Morgan fingerprint density at radius 2 is 1.76 bits per heavy atom. The molecule has 1 heterocycles. The number of imide groups is 1. The highest BCUT2D eigenvalue weighted by atomic mass is 35.5. The number of rotatable bonds is 7. The molecule has 4 amide bonds. The predicted molar refractivity (Wildman–Crippen MR) is 117 cm³/mol. The number of amides is 4. The zero-order chi connectivity index (χ0) is 25.4. The number of nitrogens with two attached hydrogens (primary N) is 1. The Kier molecular flexibility index (Phi) is 6.70. The molecule has 0 spiro atoms. The molecule has 1 saturated heterocycles. The van der Waals surface area contributed by atoms with E-state index in [1.54, 1.807) is 0 Å². The summed E-state index contributed by atoms with van der Waals surface area (Å²) in [5.41, 5.74) is 3.65. The SMILES string of the molecule is COc1cc(CN2C(=O)CN(c3ccc(C(F)(F)F)cc3)C2=O)cc(Cl)c1OC(C)(C)C(N)=O. The van der Waals surface area contributed by atoms with Gasteiger partial charge in [-0.2, -0.15) is 13.2 Å². The molecule has 0 atom stereocenters. The lowest BCUT2D eigenvalue weighted by Gasteiger charge is -2.25. The number of carbonyl (C=O) groups excluding carboxylic acids is 3. The minimum atomic E-state index is -4.52. The molecule has 12 heteroatoms. The van der Waals surface area contributed by atoms with Crippen molar-refractivity contribution in [1.82, 2.24) is 4.90 Å². The lowest BCUT2D eigenvalue weighted by molar-refractivity contribution is -0.137. The number of methoxy groups -OCH3 is 1. The Morgan fingerprint density at radius 1 is 1.15 bits per heavy atom. The third-order valence-electron chi connectivity index (χ3n) is 5.14. The summed E-state index contributed by atoms with van der Waals surface area (Å²) in [5, 5.41) is 0.0577. The molecule has 34 heavy (non-hydrogen) atoms. The van der Waals surface area contributed by atoms with Crippen molar-refractivity contribution in [2.24, 2.45) is 5.73 Å². The van der Waals surface area contributed by atoms with E-state index in [9.17, 15) is 27.6 Å². The van der Waals surface area contributed by atoms with Crippen LogP contribution in [0.5, 0.6) is 11.5 Å². The highest BCUT2D eigenvalue weighted by molar-refractivity contribution is 6.32. The van der Waals surface area contributed by atoms with Gasteiger partial charge in [0.1, 0.15) is 6.54 Å². The van der Waals surface area contributed by atoms with Crippen LogP contribution in [0.4, 0.5) is 23.7 Å². The fourth-order valence-electron chi connectivity index (χ4n) is 3.18. The third-order valence-corrected chi connectivity index (χ3v) is 5.42. The highest BCUT2D eigenvalue weighted by Gasteiger charge is 2.38. The van der Waals surface area contributed by atoms with Gasteiger partial charge in [-0.3, -0.25) is 19.4 Å². The van der Waals surface area contributed by atoms with E-state index < -0.39 is 35.2 Å². The van der Waals surface area contributed by atoms with Gasteiger partial charge < -0.3 is 15.2 Å². The van der Waals surface area contributed by atoms with Crippen LogP contribution in [-0.4, -0.2) is 42.0 Å². The van der Waals surface area contributed by atoms with Gasteiger partial charge in [0.15, 0.2) is 17.1 Å². The molecule has 0 aromatic heterocycles. The van der Waals surface area contributed by atoms with Crippen molar-refractivity contribution in [3.63, 3.8) is 0 Å². The van der Waals surface area contributed by atoms with Crippen LogP contribution in [0.1, 0.15) is 25.0 Å². The second kappa shape index (κ2) is 9.05. The molecule has 1 fully saturated rings. The van der Waals surface area contributed by atoms with Gasteiger partial charge in [0.25, 0.3) is 11.8 Å². The van der Waals surface area contributed by atoms with Crippen molar-refractivity contribution in [2.45, 2.75) is 32.2 Å². The first-order valence-electron chi connectivity index (χ1n) is 9.89. The maximum atomic E-state index is 12.8. The summed E-state index contributed by atoms with van der Waals surface area (Å²) in [6.45, 7) is 2.40. The normalized spacial score (nSPS) is 14.6. The fourth-order valence-corrected chi connectivity index (χ4v) is 3.45. The highest BCUT2D eigenvalue weighted by Crippen LogP contribution is 2.39. The number of nitrogens with zero attached hydrogens (tertiary/aromatic N) is 2. The Labute approximate surface area is 198 Å². The zero-order valence-electron chi connectivity index (χ0n) is 18.4. The van der Waals surface area contributed by atoms with Gasteiger partial charge >= 0.3 is 12.2 Å². The number of urea groups is 1. The van der Waals surface area contributed by atoms with Gasteiger partial charge in [0, 0.05) is 5.69 Å². The van der Waals surface area contributed by atoms with Crippen LogP contribution in [0.15, 0.2) is 36.4 Å². The number of halogens is 4. The first-order valence-corrected chi connectivity index (χ1v) is 10.3. The zero-order valence-corrected chi connectivity index (χ0v) is 19.2. The van der Waals surface area contributed by atoms with Gasteiger partial charge in [-0.25, -0.2) is 4.79 Å². The first-order chi connectivity index (χ1) is 15.7. The Morgan fingerprint density at radius 3 is 2.29 bits per heavy atom. The molecule has 0 saturated carbocycles. The Hall–Kier alpha value is -3.47. The minimum absolute atomic E-state index is 0.0576. The Balaban J connectivity index is 1.83. The Bertz CT molecular complexity index is 1140. The van der Waals surface area contributed by atoms with E-state index in [0.29, 0.717) is 5.56 Å². The van der Waals surface area contributed by atoms with Crippen molar-refractivity contribution >= 4 is 35.1 Å². The van der Waals surface area contributed by atoms with Crippen LogP contribution in [0.2, 0.25) is 5.02 Å². The largest absolute Gasteiger partial charge is 0.493 e. The van der Waals surface area contributed by atoms with E-state index >= 15 is 0 Å². The molecular formula is C22H21ClF3N3O5. The molecule has 0 unspecified atom stereocenters. The van der Waals surface area contributed by atoms with Crippen molar-refractivity contribution in [2.75, 3.05) is 18.6 Å². The molecule has 2 aromatic carbocycles. The number of hydrogen-bond acceptors (Lipinski definition) is 5. The number of ether oxygens (including phenoxy) is 2. The van der Waals surface area contributed by atoms with Crippen molar-refractivity contribution in [3.8, 4) is 11.5 Å². The lowest BCUT2D eigenvalue weighted by atomic mass is 10.1. The summed E-state index contributed by atoms with van der Waals surface area (Å²) < 4.78 is 49.3. The van der Waals surface area contributed by atoms with E-state index in [1.807, 2.05) is 0 Å². The molecule has 2 N–H and O–H groups in total. The van der Waals surface area contributed by atoms with Crippen LogP contribution >= 0.6 is 11.6 Å². The maximum Gasteiger partial charge on any atom is 0.416 e. The van der Waals surface area contributed by atoms with Crippen LogP contribution in [0, 0.1) is 0 Å². The topological polar surface area (TPSA) is 102 Å². The van der Waals surface area contributed by atoms with Gasteiger partial charge in [-0.05, 0) is 55.8 Å². The first kappa shape index (κ1) is 25.2. The van der Waals surface area contributed by atoms with Crippen molar-refractivity contribution in [1.29, 1.82) is 0 Å². The molecule has 3 rings (SSSR count). The van der Waals surface area contributed by atoms with Crippen molar-refractivity contribution < 1.29 is 37.0 Å². The lowest BCUT2D eigenvalue weighted by Crippen LogP contribution is -2.43. The minimum Gasteiger partial charge on any atom is -0.493 e. The van der Waals surface area contributed by atoms with E-state index in [-0.39, 0.29) is 35.3 Å². The summed E-state index contributed by atoms with van der Waals surface area (Å²) in [6, 6.07) is 6.17. The van der Waals surface area contributed by atoms with E-state index in [2.05, 4.69) is 0 Å². The quantitative estimate of drug-likeness (QED) is 0.581. The maximum absolute atomic E-state index is 12.8. The van der Waals surface area contributed by atoms with E-state index in [1.165, 1.54) is 33.1 Å². The number of hydrogen-bond donors (Lipinski definition) is 1. The van der Waals surface area contributed by atoms with Crippen LogP contribution < -0.4 is 20.1 Å². The van der Waals surface area contributed by atoms with Gasteiger partial charge in [0.05, 0.1) is 24.2 Å². The van der Waals surface area contributed by atoms with Crippen LogP contribution in [-0.2, 0) is 22.3 Å². The summed E-state index contributed by atoms with van der Waals surface area (Å²) in [5.74, 6) is -1.07. The van der Waals surface area contributed by atoms with Gasteiger partial charge in [-0.15, -0.1) is 0 Å². The predicted octanol–water partition coefficient (Wildman–Crippen LogP) is 3.98. The number of carbonyl (C=O) groups is 3. The molecule has 1 aliphatic heterocycles. The van der Waals surface area contributed by atoms with Gasteiger partial charge in [0.2, 0.25) is 0 Å². The standard InChI is InChI=1S/C22H21ClF3N3O5/c1-21(2,19(27)31)34-18-15(23)8-12(9-16(18)33-3)10-29-17(30)11-28(20(29)32)14-6-4-13(5-7-14)22(24,25)26/h4-9H,10-11H2,1-3H3,(H2,27,31). The number of anilines is 1. The van der Waals surface area contributed by atoms with Crippen molar-refractivity contribution in [3.05, 3.63) is 52.5 Å². The molecule has 1 aliphatic rings. The summed E-state index contributed by atoms with van der Waals surface area (Å²) in [4.78, 5) is 39.0. The summed E-state index contributed by atoms with van der Waals surface area (Å²) in [6.07, 6.45) is -4.52. The van der Waals surface area contributed by atoms with Gasteiger partial charge in [-0.1, -0.05) is 11.6 Å². The molecule has 182 valence electrons. The second-order valence-electron chi connectivity index (χ2n) is 7.98. The number of alkyl halides is 3. The van der Waals surface area contributed by atoms with E-state index in [4.69, 9.17) is 26.8 Å². The molecular weight excluding hydrogens is 479 g/mol. The monoisotopic (exact) mass is 499 g/mol. The van der Waals surface area contributed by atoms with E-state index in [0.717, 1.165) is 34.1 Å². The average molecular weight is 500 g/mol. The summed E-state index contributed by atoms with van der Waals surface area (Å²) in [7, 11) is 1.35. The third kappa shape index (κ3) is 5.04. The molecule has 0 bridgehead atoms.